The number of nitrogens with one attached hydrogen (secondary N) is 2. The first-order valence-corrected chi connectivity index (χ1v) is 5.33. The zero-order chi connectivity index (χ0) is 10.7. The molecule has 0 aliphatic heterocycles. The minimum Gasteiger partial charge on any atom is -0.354 e. The van der Waals surface area contributed by atoms with Gasteiger partial charge in [0.05, 0.1) is 5.92 Å². The maximum atomic E-state index is 11.7. The molecule has 4 heteroatoms. The average Bonchev–Trinajstić information content (AvgIpc) is 2.20. The van der Waals surface area contributed by atoms with Gasteiger partial charge in [-0.15, -0.1) is 12.4 Å². The van der Waals surface area contributed by atoms with E-state index >= 15 is 0 Å². The Morgan fingerprint density at radius 2 is 2.12 bits per heavy atom. The highest BCUT2D eigenvalue weighted by atomic mass is 35.5. The number of benzene rings is 1. The lowest BCUT2D eigenvalue weighted by molar-refractivity contribution is -0.123. The number of hydrogen-bond acceptors (Lipinski definition) is 2. The molecule has 1 aliphatic carbocycles. The lowest BCUT2D eigenvalue weighted by Gasteiger charge is -2.28. The van der Waals surface area contributed by atoms with E-state index in [-0.39, 0.29) is 24.2 Å². The van der Waals surface area contributed by atoms with Crippen molar-refractivity contribution in [2.24, 2.45) is 0 Å². The van der Waals surface area contributed by atoms with Crippen LogP contribution in [0, 0.1) is 0 Å². The maximum Gasteiger partial charge on any atom is 0.227 e. The second-order valence-corrected chi connectivity index (χ2v) is 3.85. The molecule has 1 aromatic rings. The minimum absolute atomic E-state index is 0. The Hall–Kier alpha value is -1.06. The highest BCUT2D eigenvalue weighted by Gasteiger charge is 2.31. The molecule has 0 aromatic heterocycles. The normalized spacial score (nSPS) is 16.7. The van der Waals surface area contributed by atoms with Crippen LogP contribution in [0.15, 0.2) is 24.3 Å². The van der Waals surface area contributed by atoms with Gasteiger partial charge in [0.1, 0.15) is 0 Å². The Kier molecular flexibility index (Phi) is 4.77. The minimum atomic E-state index is 0. The summed E-state index contributed by atoms with van der Waals surface area (Å²) in [6.07, 6.45) is 0.890. The van der Waals surface area contributed by atoms with E-state index in [0.29, 0.717) is 6.54 Å². The van der Waals surface area contributed by atoms with Crippen molar-refractivity contribution in [2.75, 3.05) is 20.1 Å². The number of fused-ring (bicyclic) bond motifs is 1. The first-order valence-electron chi connectivity index (χ1n) is 5.33. The molecule has 16 heavy (non-hydrogen) atoms. The van der Waals surface area contributed by atoms with Crippen LogP contribution < -0.4 is 10.6 Å². The molecule has 1 amide bonds. The van der Waals surface area contributed by atoms with Gasteiger partial charge in [0.25, 0.3) is 0 Å². The molecular weight excluding hydrogens is 224 g/mol. The fourth-order valence-corrected chi connectivity index (χ4v) is 1.93. The summed E-state index contributed by atoms with van der Waals surface area (Å²) in [7, 11) is 1.88. The number of carbonyl (C=O) groups excluding carboxylic acids is 1. The van der Waals surface area contributed by atoms with Crippen molar-refractivity contribution in [1.29, 1.82) is 0 Å². The van der Waals surface area contributed by atoms with Crippen molar-refractivity contribution in [3.8, 4) is 0 Å². The maximum absolute atomic E-state index is 11.7. The Morgan fingerprint density at radius 3 is 2.81 bits per heavy atom. The Labute approximate surface area is 102 Å². The van der Waals surface area contributed by atoms with Gasteiger partial charge in [0, 0.05) is 13.1 Å². The number of carbonyl (C=O) groups is 1. The molecule has 1 unspecified atom stereocenters. The summed E-state index contributed by atoms with van der Waals surface area (Å²) in [5.74, 6) is 0.238. The van der Waals surface area contributed by atoms with Gasteiger partial charge in [0.15, 0.2) is 0 Å². The molecule has 3 nitrogen and oxygen atoms in total. The molecule has 0 saturated carbocycles. The van der Waals surface area contributed by atoms with Gasteiger partial charge in [-0.3, -0.25) is 4.79 Å². The Balaban J connectivity index is 0.00000128. The third-order valence-corrected chi connectivity index (χ3v) is 2.85. The second kappa shape index (κ2) is 5.87. The molecule has 0 bridgehead atoms. The van der Waals surface area contributed by atoms with Crippen LogP contribution in [0.25, 0.3) is 0 Å². The lowest BCUT2D eigenvalue weighted by Crippen LogP contribution is -2.38. The van der Waals surface area contributed by atoms with Gasteiger partial charge >= 0.3 is 0 Å². The van der Waals surface area contributed by atoms with Crippen molar-refractivity contribution >= 4 is 18.3 Å². The summed E-state index contributed by atoms with van der Waals surface area (Å²) >= 11 is 0. The first-order chi connectivity index (χ1) is 7.33. The van der Waals surface area contributed by atoms with E-state index < -0.39 is 0 Å². The smallest absolute Gasteiger partial charge is 0.227 e. The molecule has 0 radical (unpaired) electrons. The largest absolute Gasteiger partial charge is 0.354 e. The molecule has 2 rings (SSSR count). The molecule has 88 valence electrons. The zero-order valence-corrected chi connectivity index (χ0v) is 10.1. The summed E-state index contributed by atoms with van der Waals surface area (Å²) in [6, 6.07) is 8.15. The summed E-state index contributed by atoms with van der Waals surface area (Å²) < 4.78 is 0. The molecule has 0 saturated heterocycles. The summed E-state index contributed by atoms with van der Waals surface area (Å²) in [5, 5.41) is 5.93. The third-order valence-electron chi connectivity index (χ3n) is 2.85. The molecule has 1 aliphatic rings. The van der Waals surface area contributed by atoms with Gasteiger partial charge in [-0.25, -0.2) is 0 Å². The number of likely N-dealkylation sites (N-methyl/N-ethyl adjacent to an activating group) is 1. The standard InChI is InChI=1S/C12H16N2O.ClH/c1-13-6-7-14-12(15)11-8-9-4-2-3-5-10(9)11;/h2-5,11,13H,6-8H2,1H3,(H,14,15);1H. The van der Waals surface area contributed by atoms with E-state index in [4.69, 9.17) is 0 Å². The third kappa shape index (κ3) is 2.54. The predicted molar refractivity (Wildman–Crippen MR) is 67.1 cm³/mol. The van der Waals surface area contributed by atoms with Gasteiger partial charge in [-0.2, -0.15) is 0 Å². The highest BCUT2D eigenvalue weighted by molar-refractivity contribution is 5.86. The fourth-order valence-electron chi connectivity index (χ4n) is 1.93. The van der Waals surface area contributed by atoms with E-state index in [1.54, 1.807) is 0 Å². The van der Waals surface area contributed by atoms with Crippen molar-refractivity contribution in [1.82, 2.24) is 10.6 Å². The quantitative estimate of drug-likeness (QED) is 0.774. The number of amides is 1. The van der Waals surface area contributed by atoms with Gasteiger partial charge in [-0.05, 0) is 24.6 Å². The van der Waals surface area contributed by atoms with Crippen LogP contribution in [-0.4, -0.2) is 26.0 Å². The molecule has 2 N–H and O–H groups in total. The van der Waals surface area contributed by atoms with Crippen molar-refractivity contribution in [3.05, 3.63) is 35.4 Å². The van der Waals surface area contributed by atoms with E-state index in [1.165, 1.54) is 11.1 Å². The van der Waals surface area contributed by atoms with Crippen LogP contribution >= 0.6 is 12.4 Å². The average molecular weight is 241 g/mol. The zero-order valence-electron chi connectivity index (χ0n) is 9.32. The molecular formula is C12H17ClN2O. The monoisotopic (exact) mass is 240 g/mol. The fraction of sp³-hybridized carbons (Fsp3) is 0.417. The number of hydrogen-bond donors (Lipinski definition) is 2. The summed E-state index contributed by atoms with van der Waals surface area (Å²) in [4.78, 5) is 11.7. The van der Waals surface area contributed by atoms with Crippen molar-refractivity contribution < 1.29 is 4.79 Å². The molecule has 0 heterocycles. The van der Waals surface area contributed by atoms with E-state index in [9.17, 15) is 4.79 Å². The van der Waals surface area contributed by atoms with Crippen molar-refractivity contribution in [2.45, 2.75) is 12.3 Å². The van der Waals surface area contributed by atoms with Gasteiger partial charge in [-0.1, -0.05) is 24.3 Å². The van der Waals surface area contributed by atoms with E-state index in [2.05, 4.69) is 16.7 Å². The molecule has 1 aromatic carbocycles. The summed E-state index contributed by atoms with van der Waals surface area (Å²) in [5.41, 5.74) is 2.51. The van der Waals surface area contributed by atoms with E-state index in [1.807, 2.05) is 25.2 Å². The van der Waals surface area contributed by atoms with Gasteiger partial charge < -0.3 is 10.6 Å². The first kappa shape index (κ1) is 13.0. The molecule has 0 spiro atoms. The summed E-state index contributed by atoms with van der Waals surface area (Å²) in [6.45, 7) is 1.52. The Morgan fingerprint density at radius 1 is 1.38 bits per heavy atom. The van der Waals surface area contributed by atoms with Crippen molar-refractivity contribution in [3.63, 3.8) is 0 Å². The van der Waals surface area contributed by atoms with Gasteiger partial charge in [0.2, 0.25) is 5.91 Å². The number of rotatable bonds is 4. The van der Waals surface area contributed by atoms with Crippen LogP contribution in [0.4, 0.5) is 0 Å². The van der Waals surface area contributed by atoms with Crippen LogP contribution in [0.3, 0.4) is 0 Å². The van der Waals surface area contributed by atoms with Crippen LogP contribution in [0.5, 0.6) is 0 Å². The van der Waals surface area contributed by atoms with Crippen LogP contribution in [0.1, 0.15) is 17.0 Å². The number of halogens is 1. The highest BCUT2D eigenvalue weighted by Crippen LogP contribution is 2.34. The SMILES string of the molecule is CNCCNC(=O)C1Cc2ccccc21.Cl. The van der Waals surface area contributed by atoms with E-state index in [0.717, 1.165) is 13.0 Å². The Bertz CT molecular complexity index is 368. The predicted octanol–water partition coefficient (Wildman–Crippen LogP) is 1.08. The molecule has 1 atom stereocenters. The topological polar surface area (TPSA) is 41.1 Å². The second-order valence-electron chi connectivity index (χ2n) is 3.85. The van der Waals surface area contributed by atoms with Crippen LogP contribution in [0.2, 0.25) is 0 Å². The van der Waals surface area contributed by atoms with Crippen LogP contribution in [-0.2, 0) is 11.2 Å². The molecule has 0 fully saturated rings. The lowest BCUT2D eigenvalue weighted by atomic mass is 9.77.